The van der Waals surface area contributed by atoms with Crippen LogP contribution in [0.25, 0.3) is 16.9 Å². The van der Waals surface area contributed by atoms with Gasteiger partial charge in [0.1, 0.15) is 5.52 Å². The standard InChI is InChI=1S/C12H7F4N5.C6H11F2NO3S/c13-7-3-9(21-10(7)5-19-11(17)20-21)8-2-1-6(4-18-8)12(14,15)16;7-6(8)13(11,12)9-3-1-2-5(10)4-9/h1-5H,(H2,17,20);5-6,10H,1-4H2. The second kappa shape index (κ2) is 9.71. The fraction of sp³-hybridized carbons (Fsp3) is 0.389. The molecule has 16 heteroatoms. The summed E-state index contributed by atoms with van der Waals surface area (Å²) in [5, 5.41) is 12.9. The van der Waals surface area contributed by atoms with Crippen molar-refractivity contribution in [2.75, 3.05) is 18.8 Å². The van der Waals surface area contributed by atoms with Crippen molar-refractivity contribution in [2.45, 2.75) is 30.9 Å². The molecule has 1 aliphatic rings. The van der Waals surface area contributed by atoms with Crippen molar-refractivity contribution >= 4 is 21.5 Å². The van der Waals surface area contributed by atoms with Gasteiger partial charge in [-0.25, -0.2) is 22.3 Å². The van der Waals surface area contributed by atoms with Gasteiger partial charge < -0.3 is 10.8 Å². The Bertz CT molecular complexity index is 1250. The predicted octanol–water partition coefficient (Wildman–Crippen LogP) is 2.53. The first kappa shape index (κ1) is 25.6. The Morgan fingerprint density at radius 1 is 1.18 bits per heavy atom. The number of pyridine rings is 1. The number of aromatic nitrogens is 4. The molecule has 9 nitrogen and oxygen atoms in total. The number of nitrogen functional groups attached to an aromatic ring is 1. The van der Waals surface area contributed by atoms with Crippen molar-refractivity contribution in [3.05, 3.63) is 42.0 Å². The molecular weight excluding hydrogens is 494 g/mol. The molecule has 34 heavy (non-hydrogen) atoms. The summed E-state index contributed by atoms with van der Waals surface area (Å²) in [5.74, 6) is -4.10. The van der Waals surface area contributed by atoms with Crippen LogP contribution in [-0.4, -0.2) is 62.4 Å². The van der Waals surface area contributed by atoms with Crippen molar-refractivity contribution in [3.63, 3.8) is 0 Å². The van der Waals surface area contributed by atoms with Gasteiger partial charge in [-0.1, -0.05) is 0 Å². The summed E-state index contributed by atoms with van der Waals surface area (Å²) in [4.78, 5) is 7.36. The van der Waals surface area contributed by atoms with Gasteiger partial charge in [0.05, 0.1) is 29.3 Å². The van der Waals surface area contributed by atoms with E-state index in [0.29, 0.717) is 23.3 Å². The number of hydrogen-bond donors (Lipinski definition) is 2. The summed E-state index contributed by atoms with van der Waals surface area (Å²) in [6.07, 6.45) is -2.54. The van der Waals surface area contributed by atoms with Crippen LogP contribution in [0.2, 0.25) is 0 Å². The number of fused-ring (bicyclic) bond motifs is 1. The molecule has 0 aliphatic carbocycles. The second-order valence-corrected chi connectivity index (χ2v) is 9.08. The highest BCUT2D eigenvalue weighted by Crippen LogP contribution is 2.30. The Labute approximate surface area is 188 Å². The van der Waals surface area contributed by atoms with Crippen LogP contribution < -0.4 is 5.73 Å². The molecule has 186 valence electrons. The van der Waals surface area contributed by atoms with E-state index < -0.39 is 39.4 Å². The van der Waals surface area contributed by atoms with Crippen molar-refractivity contribution in [3.8, 4) is 11.4 Å². The third kappa shape index (κ3) is 5.56. The van der Waals surface area contributed by atoms with E-state index in [9.17, 15) is 34.8 Å². The molecule has 4 rings (SSSR count). The van der Waals surface area contributed by atoms with Gasteiger partial charge >= 0.3 is 11.9 Å². The Morgan fingerprint density at radius 2 is 1.88 bits per heavy atom. The normalized spacial score (nSPS) is 17.6. The van der Waals surface area contributed by atoms with Crippen LogP contribution in [-0.2, 0) is 16.2 Å². The number of nitrogens with zero attached hydrogens (tertiary/aromatic N) is 5. The maximum atomic E-state index is 13.7. The first-order chi connectivity index (χ1) is 15.8. The van der Waals surface area contributed by atoms with E-state index in [0.717, 1.165) is 22.7 Å². The number of piperidine rings is 1. The van der Waals surface area contributed by atoms with E-state index in [2.05, 4.69) is 15.1 Å². The van der Waals surface area contributed by atoms with Crippen LogP contribution in [0.3, 0.4) is 0 Å². The lowest BCUT2D eigenvalue weighted by Crippen LogP contribution is -2.44. The minimum Gasteiger partial charge on any atom is -0.392 e. The van der Waals surface area contributed by atoms with Crippen LogP contribution in [0.15, 0.2) is 30.6 Å². The molecule has 0 radical (unpaired) electrons. The molecule has 0 bridgehead atoms. The molecule has 0 aromatic carbocycles. The number of anilines is 1. The van der Waals surface area contributed by atoms with E-state index in [1.807, 2.05) is 0 Å². The maximum Gasteiger partial charge on any atom is 0.417 e. The molecule has 1 saturated heterocycles. The third-order valence-corrected chi connectivity index (χ3v) is 6.29. The SMILES string of the molecule is Nc1ncc2c(F)cc(-c3ccc(C(F)(F)F)cn3)n2n1.O=S(=O)(C(F)F)N1CCCC(O)C1. The van der Waals surface area contributed by atoms with Crippen molar-refractivity contribution in [2.24, 2.45) is 0 Å². The highest BCUT2D eigenvalue weighted by Gasteiger charge is 2.35. The van der Waals surface area contributed by atoms with Crippen molar-refractivity contribution in [1.82, 2.24) is 23.9 Å². The molecule has 1 fully saturated rings. The monoisotopic (exact) mass is 512 g/mol. The van der Waals surface area contributed by atoms with Crippen LogP contribution in [0.4, 0.5) is 32.3 Å². The Kier molecular flexibility index (Phi) is 7.32. The third-order valence-electron chi connectivity index (χ3n) is 4.78. The van der Waals surface area contributed by atoms with Gasteiger partial charge in [-0.05, 0) is 25.0 Å². The molecule has 0 saturated carbocycles. The minimum atomic E-state index is -4.49. The average molecular weight is 512 g/mol. The maximum absolute atomic E-state index is 13.7. The fourth-order valence-electron chi connectivity index (χ4n) is 3.13. The Hall–Kier alpha value is -2.98. The number of aliphatic hydroxyl groups excluding tert-OH is 1. The van der Waals surface area contributed by atoms with Gasteiger partial charge in [0.15, 0.2) is 5.82 Å². The molecule has 1 atom stereocenters. The first-order valence-corrected chi connectivity index (χ1v) is 11.1. The van der Waals surface area contributed by atoms with E-state index in [4.69, 9.17) is 10.8 Å². The van der Waals surface area contributed by atoms with E-state index in [1.165, 1.54) is 6.20 Å². The second-order valence-electron chi connectivity index (χ2n) is 7.18. The van der Waals surface area contributed by atoms with Gasteiger partial charge in [0.2, 0.25) is 5.95 Å². The Balaban J connectivity index is 0.000000215. The topological polar surface area (TPSA) is 127 Å². The fourth-order valence-corrected chi connectivity index (χ4v) is 4.11. The number of rotatable bonds is 3. The molecule has 0 amide bonds. The summed E-state index contributed by atoms with van der Waals surface area (Å²) in [6.45, 7) is -0.142. The van der Waals surface area contributed by atoms with Crippen molar-refractivity contribution < 1.29 is 39.9 Å². The summed E-state index contributed by atoms with van der Waals surface area (Å²) in [5.41, 5.74) is 4.92. The molecule has 0 spiro atoms. The zero-order valence-corrected chi connectivity index (χ0v) is 17.9. The number of nitrogens with two attached hydrogens (primary N) is 1. The lowest BCUT2D eigenvalue weighted by molar-refractivity contribution is -0.137. The van der Waals surface area contributed by atoms with Gasteiger partial charge in [-0.2, -0.15) is 26.3 Å². The number of hydrogen-bond acceptors (Lipinski definition) is 7. The van der Waals surface area contributed by atoms with E-state index in [1.54, 1.807) is 0 Å². The quantitative estimate of drug-likeness (QED) is 0.517. The molecule has 1 unspecified atom stereocenters. The number of sulfonamides is 1. The number of β-amino-alcohol motifs (C(OH)–C–C–N with tert-alkyl or cyclic N) is 1. The number of halogens is 6. The lowest BCUT2D eigenvalue weighted by Gasteiger charge is -2.28. The summed E-state index contributed by atoms with van der Waals surface area (Å²) >= 11 is 0. The predicted molar refractivity (Wildman–Crippen MR) is 107 cm³/mol. The molecular formula is C18H18F6N6O3S. The van der Waals surface area contributed by atoms with E-state index >= 15 is 0 Å². The number of alkyl halides is 5. The zero-order chi connectivity index (χ0) is 25.3. The lowest BCUT2D eigenvalue weighted by atomic mass is 10.1. The molecule has 3 aromatic rings. The average Bonchev–Trinajstić information content (AvgIpc) is 3.09. The summed E-state index contributed by atoms with van der Waals surface area (Å²) in [7, 11) is -4.49. The molecule has 4 heterocycles. The Morgan fingerprint density at radius 3 is 2.44 bits per heavy atom. The highest BCUT2D eigenvalue weighted by molar-refractivity contribution is 7.89. The number of aliphatic hydroxyl groups is 1. The van der Waals surface area contributed by atoms with Gasteiger partial charge in [-0.15, -0.1) is 5.10 Å². The first-order valence-electron chi connectivity index (χ1n) is 9.59. The van der Waals surface area contributed by atoms with Crippen LogP contribution in [0, 0.1) is 5.82 Å². The van der Waals surface area contributed by atoms with Gasteiger partial charge in [0, 0.05) is 25.4 Å². The smallest absolute Gasteiger partial charge is 0.392 e. The summed E-state index contributed by atoms with van der Waals surface area (Å²) < 4.78 is 98.8. The molecule has 3 N–H and O–H groups in total. The zero-order valence-electron chi connectivity index (χ0n) is 17.1. The summed E-state index contributed by atoms with van der Waals surface area (Å²) in [6, 6.07) is 3.12. The van der Waals surface area contributed by atoms with Crippen LogP contribution >= 0.6 is 0 Å². The van der Waals surface area contributed by atoms with Gasteiger partial charge in [-0.3, -0.25) is 4.98 Å². The largest absolute Gasteiger partial charge is 0.417 e. The highest BCUT2D eigenvalue weighted by atomic mass is 32.2. The molecule has 1 aliphatic heterocycles. The molecule has 3 aromatic heterocycles. The van der Waals surface area contributed by atoms with E-state index in [-0.39, 0.29) is 35.9 Å². The van der Waals surface area contributed by atoms with Crippen LogP contribution in [0.5, 0.6) is 0 Å². The van der Waals surface area contributed by atoms with Crippen molar-refractivity contribution in [1.29, 1.82) is 0 Å². The minimum absolute atomic E-state index is 0.0564. The van der Waals surface area contributed by atoms with Gasteiger partial charge in [0.25, 0.3) is 10.0 Å². The van der Waals surface area contributed by atoms with Crippen LogP contribution in [0.1, 0.15) is 18.4 Å².